The van der Waals surface area contributed by atoms with E-state index < -0.39 is 0 Å². The maximum Gasteiger partial charge on any atom is 0.0451 e. The van der Waals surface area contributed by atoms with Crippen LogP contribution in [0, 0.1) is 0 Å². The molecule has 0 bridgehead atoms. The molecule has 0 heterocycles. The molecular weight excluding hydrogens is 176 g/mol. The van der Waals surface area contributed by atoms with Gasteiger partial charge in [0.2, 0.25) is 0 Å². The summed E-state index contributed by atoms with van der Waals surface area (Å²) in [6.07, 6.45) is 2.55. The molecule has 1 aromatic carbocycles. The highest BCUT2D eigenvalue weighted by atomic mass is 35.5. The molecule has 1 aromatic rings. The smallest absolute Gasteiger partial charge is 0.0451 e. The Balaban J connectivity index is 2.48. The fraction of sp³-hybridized carbons (Fsp3) is 0.333. The first-order valence-corrected chi connectivity index (χ1v) is 4.59. The number of hydrogen-bond acceptors (Lipinski definition) is 1. The van der Waals surface area contributed by atoms with E-state index >= 15 is 0 Å². The molecule has 11 heavy (non-hydrogen) atoms. The van der Waals surface area contributed by atoms with Crippen LogP contribution >= 0.6 is 24.2 Å². The molecule has 0 unspecified atom stereocenters. The molecule has 1 aliphatic carbocycles. The summed E-state index contributed by atoms with van der Waals surface area (Å²) >= 11 is 10.4. The molecule has 1 aliphatic rings. The first-order valence-electron chi connectivity index (χ1n) is 3.76. The van der Waals surface area contributed by atoms with Gasteiger partial charge in [0.25, 0.3) is 0 Å². The van der Waals surface area contributed by atoms with Gasteiger partial charge >= 0.3 is 0 Å². The lowest BCUT2D eigenvalue weighted by atomic mass is 10.1. The van der Waals surface area contributed by atoms with Gasteiger partial charge < -0.3 is 0 Å². The minimum Gasteiger partial charge on any atom is -0.143 e. The zero-order chi connectivity index (χ0) is 7.84. The zero-order valence-corrected chi connectivity index (χ0v) is 7.70. The molecule has 0 atom stereocenters. The van der Waals surface area contributed by atoms with Crippen LogP contribution in [0.5, 0.6) is 0 Å². The van der Waals surface area contributed by atoms with Crippen LogP contribution in [-0.2, 0) is 0 Å². The largest absolute Gasteiger partial charge is 0.143 e. The molecular formula is C9H9ClS. The second-order valence-electron chi connectivity index (χ2n) is 2.95. The van der Waals surface area contributed by atoms with Crippen LogP contribution in [0.4, 0.5) is 0 Å². The highest BCUT2D eigenvalue weighted by molar-refractivity contribution is 7.80. The van der Waals surface area contributed by atoms with Gasteiger partial charge in [-0.3, -0.25) is 0 Å². The molecule has 2 heteroatoms. The van der Waals surface area contributed by atoms with Gasteiger partial charge in [-0.25, -0.2) is 0 Å². The van der Waals surface area contributed by atoms with Crippen molar-refractivity contribution in [1.82, 2.24) is 0 Å². The van der Waals surface area contributed by atoms with Crippen molar-refractivity contribution in [3.8, 4) is 0 Å². The van der Waals surface area contributed by atoms with E-state index in [-0.39, 0.29) is 0 Å². The molecule has 1 fully saturated rings. The van der Waals surface area contributed by atoms with Crippen LogP contribution < -0.4 is 0 Å². The van der Waals surface area contributed by atoms with E-state index in [0.717, 1.165) is 9.92 Å². The lowest BCUT2D eigenvalue weighted by Crippen LogP contribution is -1.82. The van der Waals surface area contributed by atoms with Crippen molar-refractivity contribution in [3.05, 3.63) is 28.8 Å². The third-order valence-electron chi connectivity index (χ3n) is 2.02. The minimum atomic E-state index is 0.691. The molecule has 1 saturated carbocycles. The Morgan fingerprint density at radius 1 is 1.36 bits per heavy atom. The molecule has 0 N–H and O–H groups in total. The van der Waals surface area contributed by atoms with Crippen molar-refractivity contribution in [2.24, 2.45) is 0 Å². The molecule has 0 amide bonds. The van der Waals surface area contributed by atoms with Crippen LogP contribution in [0.15, 0.2) is 23.1 Å². The first-order chi connectivity index (χ1) is 5.29. The van der Waals surface area contributed by atoms with Gasteiger partial charge in [0.1, 0.15) is 0 Å². The Bertz CT molecular complexity index is 259. The topological polar surface area (TPSA) is 0 Å². The molecule has 58 valence electrons. The standard InChI is InChI=1S/C9H9ClS/c10-7-2-1-3-8(11)9(7)6-4-5-6/h1-3,6,11H,4-5H2. The quantitative estimate of drug-likeness (QED) is 0.635. The maximum atomic E-state index is 6.02. The van der Waals surface area contributed by atoms with Gasteiger partial charge in [-0.1, -0.05) is 17.7 Å². The van der Waals surface area contributed by atoms with E-state index in [1.54, 1.807) is 0 Å². The Morgan fingerprint density at radius 2 is 2.09 bits per heavy atom. The minimum absolute atomic E-state index is 0.691. The normalized spacial score (nSPS) is 16.9. The molecule has 2 rings (SSSR count). The second kappa shape index (κ2) is 2.72. The van der Waals surface area contributed by atoms with Crippen LogP contribution in [0.3, 0.4) is 0 Å². The number of halogens is 1. The molecule has 0 saturated heterocycles. The highest BCUT2D eigenvalue weighted by Crippen LogP contribution is 2.45. The first kappa shape index (κ1) is 7.51. The number of benzene rings is 1. The molecule has 0 aliphatic heterocycles. The predicted molar refractivity (Wildman–Crippen MR) is 50.7 cm³/mol. The van der Waals surface area contributed by atoms with Crippen molar-refractivity contribution in [1.29, 1.82) is 0 Å². The average molecular weight is 185 g/mol. The van der Waals surface area contributed by atoms with Crippen molar-refractivity contribution in [3.63, 3.8) is 0 Å². The fourth-order valence-electron chi connectivity index (χ4n) is 1.30. The fourth-order valence-corrected chi connectivity index (χ4v) is 2.09. The van der Waals surface area contributed by atoms with Gasteiger partial charge in [-0.2, -0.15) is 0 Å². The van der Waals surface area contributed by atoms with Crippen molar-refractivity contribution >= 4 is 24.2 Å². The lowest BCUT2D eigenvalue weighted by Gasteiger charge is -2.04. The summed E-state index contributed by atoms with van der Waals surface area (Å²) in [7, 11) is 0. The maximum absolute atomic E-state index is 6.02. The van der Waals surface area contributed by atoms with E-state index in [4.69, 9.17) is 11.6 Å². The van der Waals surface area contributed by atoms with Crippen LogP contribution in [0.2, 0.25) is 5.02 Å². The lowest BCUT2D eigenvalue weighted by molar-refractivity contribution is 1.07. The number of hydrogen-bond donors (Lipinski definition) is 1. The van der Waals surface area contributed by atoms with Gasteiger partial charge in [0.05, 0.1) is 0 Å². The summed E-state index contributed by atoms with van der Waals surface area (Å²) < 4.78 is 0. The third kappa shape index (κ3) is 1.40. The van der Waals surface area contributed by atoms with Gasteiger partial charge in [0.15, 0.2) is 0 Å². The summed E-state index contributed by atoms with van der Waals surface area (Å²) in [4.78, 5) is 1.04. The van der Waals surface area contributed by atoms with Gasteiger partial charge in [-0.15, -0.1) is 12.6 Å². The zero-order valence-electron chi connectivity index (χ0n) is 6.05. The van der Waals surface area contributed by atoms with Crippen LogP contribution in [-0.4, -0.2) is 0 Å². The predicted octanol–water partition coefficient (Wildman–Crippen LogP) is 3.51. The molecule has 0 spiro atoms. The average Bonchev–Trinajstić information content (AvgIpc) is 2.70. The Morgan fingerprint density at radius 3 is 2.64 bits per heavy atom. The monoisotopic (exact) mass is 184 g/mol. The van der Waals surface area contributed by atoms with E-state index in [2.05, 4.69) is 12.6 Å². The van der Waals surface area contributed by atoms with Crippen LogP contribution in [0.1, 0.15) is 24.3 Å². The third-order valence-corrected chi connectivity index (χ3v) is 2.74. The Kier molecular flexibility index (Phi) is 1.86. The molecule has 0 aromatic heterocycles. The molecule has 0 radical (unpaired) electrons. The van der Waals surface area contributed by atoms with E-state index in [1.165, 1.54) is 18.4 Å². The van der Waals surface area contributed by atoms with E-state index in [1.807, 2.05) is 18.2 Å². The summed E-state index contributed by atoms with van der Waals surface area (Å²) in [6, 6.07) is 5.88. The SMILES string of the molecule is Sc1cccc(Cl)c1C1CC1. The summed E-state index contributed by atoms with van der Waals surface area (Å²) in [5, 5.41) is 0.875. The van der Waals surface area contributed by atoms with Crippen molar-refractivity contribution < 1.29 is 0 Å². The van der Waals surface area contributed by atoms with Crippen molar-refractivity contribution in [2.45, 2.75) is 23.7 Å². The highest BCUT2D eigenvalue weighted by Gasteiger charge is 2.27. The van der Waals surface area contributed by atoms with Gasteiger partial charge in [0, 0.05) is 9.92 Å². The summed E-state index contributed by atoms with van der Waals surface area (Å²) in [5.41, 5.74) is 1.25. The Labute approximate surface area is 77.0 Å². The summed E-state index contributed by atoms with van der Waals surface area (Å²) in [5.74, 6) is 0.691. The van der Waals surface area contributed by atoms with Crippen molar-refractivity contribution in [2.75, 3.05) is 0 Å². The summed E-state index contributed by atoms with van der Waals surface area (Å²) in [6.45, 7) is 0. The van der Waals surface area contributed by atoms with E-state index in [9.17, 15) is 0 Å². The second-order valence-corrected chi connectivity index (χ2v) is 3.84. The molecule has 0 nitrogen and oxygen atoms in total. The Hall–Kier alpha value is -0.140. The van der Waals surface area contributed by atoms with Crippen LogP contribution in [0.25, 0.3) is 0 Å². The van der Waals surface area contributed by atoms with E-state index in [0.29, 0.717) is 5.92 Å². The number of rotatable bonds is 1. The van der Waals surface area contributed by atoms with Gasteiger partial charge in [-0.05, 0) is 36.5 Å². The number of thiol groups is 1.